The minimum Gasteiger partial charge on any atom is -0.478 e. The zero-order valence-corrected chi connectivity index (χ0v) is 11.4. The molecular formula is C15H20N2O2. The fraction of sp³-hybridized carbons (Fsp3) is 0.400. The van der Waals surface area contributed by atoms with Gasteiger partial charge in [-0.2, -0.15) is 0 Å². The molecule has 0 aliphatic carbocycles. The summed E-state index contributed by atoms with van der Waals surface area (Å²) in [6.45, 7) is 2.01. The SMILES string of the molecule is CN(C)C1CCN(c2ccccc2C=CC(=O)O)C1. The number of aliphatic carboxylic acids is 1. The van der Waals surface area contributed by atoms with Gasteiger partial charge < -0.3 is 14.9 Å². The topological polar surface area (TPSA) is 43.8 Å². The van der Waals surface area contributed by atoms with Crippen molar-refractivity contribution in [3.63, 3.8) is 0 Å². The van der Waals surface area contributed by atoms with E-state index < -0.39 is 5.97 Å². The van der Waals surface area contributed by atoms with Crippen LogP contribution in [0.25, 0.3) is 6.08 Å². The van der Waals surface area contributed by atoms with Crippen molar-refractivity contribution in [2.45, 2.75) is 12.5 Å². The second-order valence-electron chi connectivity index (χ2n) is 5.08. The maximum Gasteiger partial charge on any atom is 0.328 e. The van der Waals surface area contributed by atoms with E-state index in [9.17, 15) is 4.79 Å². The molecule has 0 bridgehead atoms. The number of para-hydroxylation sites is 1. The van der Waals surface area contributed by atoms with Crippen molar-refractivity contribution in [1.82, 2.24) is 4.90 Å². The van der Waals surface area contributed by atoms with Crippen molar-refractivity contribution in [1.29, 1.82) is 0 Å². The number of rotatable bonds is 4. The van der Waals surface area contributed by atoms with Gasteiger partial charge in [-0.25, -0.2) is 4.79 Å². The van der Waals surface area contributed by atoms with E-state index >= 15 is 0 Å². The summed E-state index contributed by atoms with van der Waals surface area (Å²) < 4.78 is 0. The number of carboxylic acid groups (broad SMARTS) is 1. The van der Waals surface area contributed by atoms with Gasteiger partial charge in [0.25, 0.3) is 0 Å². The normalized spacial score (nSPS) is 19.5. The molecule has 1 aromatic rings. The van der Waals surface area contributed by atoms with Gasteiger partial charge in [0.1, 0.15) is 0 Å². The molecule has 102 valence electrons. The summed E-state index contributed by atoms with van der Waals surface area (Å²) in [6, 6.07) is 8.51. The van der Waals surface area contributed by atoms with Gasteiger partial charge in [-0.3, -0.25) is 0 Å². The van der Waals surface area contributed by atoms with Crippen LogP contribution in [-0.2, 0) is 4.79 Å². The quantitative estimate of drug-likeness (QED) is 0.840. The van der Waals surface area contributed by atoms with Crippen molar-refractivity contribution in [2.24, 2.45) is 0 Å². The number of nitrogens with zero attached hydrogens (tertiary/aromatic N) is 2. The van der Waals surface area contributed by atoms with Crippen LogP contribution in [0.5, 0.6) is 0 Å². The van der Waals surface area contributed by atoms with E-state index in [-0.39, 0.29) is 0 Å². The Morgan fingerprint density at radius 2 is 2.16 bits per heavy atom. The smallest absolute Gasteiger partial charge is 0.328 e. The fourth-order valence-corrected chi connectivity index (χ4v) is 2.46. The number of benzene rings is 1. The Bertz CT molecular complexity index is 483. The minimum absolute atomic E-state index is 0.566. The Hall–Kier alpha value is -1.81. The standard InChI is InChI=1S/C15H20N2O2/c1-16(2)13-9-10-17(11-13)14-6-4-3-5-12(14)7-8-15(18)19/h3-8,13H,9-11H2,1-2H3,(H,18,19). The van der Waals surface area contributed by atoms with Gasteiger partial charge in [-0.05, 0) is 38.2 Å². The number of carbonyl (C=O) groups is 1. The van der Waals surface area contributed by atoms with E-state index in [1.54, 1.807) is 6.08 Å². The molecule has 1 heterocycles. The van der Waals surface area contributed by atoms with E-state index in [1.165, 1.54) is 6.08 Å². The van der Waals surface area contributed by atoms with Gasteiger partial charge in [0, 0.05) is 30.9 Å². The highest BCUT2D eigenvalue weighted by atomic mass is 16.4. The first-order valence-corrected chi connectivity index (χ1v) is 6.49. The highest BCUT2D eigenvalue weighted by Gasteiger charge is 2.24. The predicted octanol–water partition coefficient (Wildman–Crippen LogP) is 1.92. The third-order valence-electron chi connectivity index (χ3n) is 3.58. The first-order valence-electron chi connectivity index (χ1n) is 6.49. The number of anilines is 1. The van der Waals surface area contributed by atoms with Crippen molar-refractivity contribution >= 4 is 17.7 Å². The number of carboxylic acids is 1. The zero-order valence-electron chi connectivity index (χ0n) is 11.4. The highest BCUT2D eigenvalue weighted by molar-refractivity contribution is 5.87. The van der Waals surface area contributed by atoms with Crippen LogP contribution in [-0.4, -0.2) is 49.2 Å². The third-order valence-corrected chi connectivity index (χ3v) is 3.58. The molecule has 0 amide bonds. The number of hydrogen-bond acceptors (Lipinski definition) is 3. The fourth-order valence-electron chi connectivity index (χ4n) is 2.46. The molecule has 1 unspecified atom stereocenters. The van der Waals surface area contributed by atoms with Gasteiger partial charge in [0.05, 0.1) is 0 Å². The summed E-state index contributed by atoms with van der Waals surface area (Å²) >= 11 is 0. The molecule has 0 spiro atoms. The molecule has 1 fully saturated rings. The maximum absolute atomic E-state index is 10.6. The molecule has 2 rings (SSSR count). The molecule has 0 aromatic heterocycles. The van der Waals surface area contributed by atoms with E-state index in [2.05, 4.69) is 30.0 Å². The Balaban J connectivity index is 2.19. The Kier molecular flexibility index (Phi) is 4.22. The van der Waals surface area contributed by atoms with E-state index in [0.29, 0.717) is 6.04 Å². The van der Waals surface area contributed by atoms with Gasteiger partial charge in [-0.15, -0.1) is 0 Å². The van der Waals surface area contributed by atoms with Gasteiger partial charge in [-0.1, -0.05) is 18.2 Å². The molecule has 0 saturated carbocycles. The Morgan fingerprint density at radius 3 is 2.79 bits per heavy atom. The summed E-state index contributed by atoms with van der Waals surface area (Å²) in [5, 5.41) is 8.74. The Morgan fingerprint density at radius 1 is 1.42 bits per heavy atom. The van der Waals surface area contributed by atoms with E-state index in [0.717, 1.165) is 30.8 Å². The van der Waals surface area contributed by atoms with Crippen molar-refractivity contribution in [2.75, 3.05) is 32.1 Å². The third kappa shape index (κ3) is 3.35. The second-order valence-corrected chi connectivity index (χ2v) is 5.08. The van der Waals surface area contributed by atoms with Crippen LogP contribution in [0.15, 0.2) is 30.3 Å². The Labute approximate surface area is 113 Å². The van der Waals surface area contributed by atoms with Crippen LogP contribution in [0, 0.1) is 0 Å². The monoisotopic (exact) mass is 260 g/mol. The lowest BCUT2D eigenvalue weighted by Crippen LogP contribution is -2.31. The zero-order chi connectivity index (χ0) is 13.8. The van der Waals surface area contributed by atoms with Gasteiger partial charge >= 0.3 is 5.97 Å². The van der Waals surface area contributed by atoms with Crippen molar-refractivity contribution in [3.8, 4) is 0 Å². The van der Waals surface area contributed by atoms with Crippen LogP contribution < -0.4 is 4.90 Å². The predicted molar refractivity (Wildman–Crippen MR) is 77.4 cm³/mol. The lowest BCUT2D eigenvalue weighted by molar-refractivity contribution is -0.131. The lowest BCUT2D eigenvalue weighted by atomic mass is 10.1. The van der Waals surface area contributed by atoms with Crippen molar-refractivity contribution < 1.29 is 9.90 Å². The van der Waals surface area contributed by atoms with Gasteiger partial charge in [0.2, 0.25) is 0 Å². The average Bonchev–Trinajstić information content (AvgIpc) is 2.86. The van der Waals surface area contributed by atoms with Crippen LogP contribution in [0.2, 0.25) is 0 Å². The van der Waals surface area contributed by atoms with Crippen LogP contribution >= 0.6 is 0 Å². The van der Waals surface area contributed by atoms with Gasteiger partial charge in [0.15, 0.2) is 0 Å². The summed E-state index contributed by atoms with van der Waals surface area (Å²) in [5.41, 5.74) is 2.08. The molecular weight excluding hydrogens is 240 g/mol. The maximum atomic E-state index is 10.6. The summed E-state index contributed by atoms with van der Waals surface area (Å²) in [6.07, 6.45) is 4.00. The molecule has 1 aromatic carbocycles. The summed E-state index contributed by atoms with van der Waals surface area (Å²) in [7, 11) is 4.20. The first kappa shape index (κ1) is 13.6. The van der Waals surface area contributed by atoms with Crippen LogP contribution in [0.3, 0.4) is 0 Å². The van der Waals surface area contributed by atoms with E-state index in [4.69, 9.17) is 5.11 Å². The lowest BCUT2D eigenvalue weighted by Gasteiger charge is -2.23. The summed E-state index contributed by atoms with van der Waals surface area (Å²) in [4.78, 5) is 15.2. The summed E-state index contributed by atoms with van der Waals surface area (Å²) in [5.74, 6) is -0.914. The molecule has 4 nitrogen and oxygen atoms in total. The number of hydrogen-bond donors (Lipinski definition) is 1. The van der Waals surface area contributed by atoms with E-state index in [1.807, 2.05) is 18.2 Å². The molecule has 1 aliphatic heterocycles. The van der Waals surface area contributed by atoms with Crippen molar-refractivity contribution in [3.05, 3.63) is 35.9 Å². The molecule has 4 heteroatoms. The largest absolute Gasteiger partial charge is 0.478 e. The molecule has 1 aliphatic rings. The van der Waals surface area contributed by atoms with Crippen LogP contribution in [0.1, 0.15) is 12.0 Å². The molecule has 0 radical (unpaired) electrons. The molecule has 1 N–H and O–H groups in total. The molecule has 19 heavy (non-hydrogen) atoms. The highest BCUT2D eigenvalue weighted by Crippen LogP contribution is 2.26. The second kappa shape index (κ2) is 5.89. The number of likely N-dealkylation sites (N-methyl/N-ethyl adjacent to an activating group) is 1. The molecule has 1 atom stereocenters. The minimum atomic E-state index is -0.914. The first-order chi connectivity index (χ1) is 9.08. The molecule has 1 saturated heterocycles. The average molecular weight is 260 g/mol. The van der Waals surface area contributed by atoms with Crippen LogP contribution in [0.4, 0.5) is 5.69 Å².